The van der Waals surface area contributed by atoms with Gasteiger partial charge in [-0.15, -0.1) is 0 Å². The summed E-state index contributed by atoms with van der Waals surface area (Å²) in [5.74, 6) is 0.0583. The van der Waals surface area contributed by atoms with Gasteiger partial charge in [0.15, 0.2) is 5.78 Å². The number of carbonyl (C=O) groups excluding carboxylic acids is 1. The van der Waals surface area contributed by atoms with E-state index in [0.29, 0.717) is 16.6 Å². The van der Waals surface area contributed by atoms with Crippen LogP contribution in [-0.2, 0) is 0 Å². The van der Waals surface area contributed by atoms with Gasteiger partial charge in [-0.2, -0.15) is 0 Å². The van der Waals surface area contributed by atoms with Crippen molar-refractivity contribution in [3.8, 4) is 0 Å². The number of Topliss-reactive ketones (excluding diaryl/α,β-unsaturated/α-hetero) is 1. The largest absolute Gasteiger partial charge is 0.368 e. The Balaban J connectivity index is 2.32. The van der Waals surface area contributed by atoms with Crippen molar-refractivity contribution < 1.29 is 4.79 Å². The molecule has 2 rings (SSSR count). The first-order valence-electron chi connectivity index (χ1n) is 5.66. The minimum absolute atomic E-state index is 0.0583. The summed E-state index contributed by atoms with van der Waals surface area (Å²) < 4.78 is 0. The molecule has 0 saturated carbocycles. The molecule has 3 heteroatoms. The molecule has 0 N–H and O–H groups in total. The summed E-state index contributed by atoms with van der Waals surface area (Å²) in [6.07, 6.45) is 2.43. The molecule has 0 aliphatic carbocycles. The molecule has 1 aromatic rings. The molecule has 1 heterocycles. The molecule has 1 atom stereocenters. The Bertz CT molecular complexity index is 416. The first-order chi connectivity index (χ1) is 7.59. The van der Waals surface area contributed by atoms with Crippen LogP contribution in [0, 0.1) is 0 Å². The molecule has 1 aliphatic heterocycles. The van der Waals surface area contributed by atoms with Gasteiger partial charge in [-0.25, -0.2) is 0 Å². The van der Waals surface area contributed by atoms with Crippen LogP contribution in [0.5, 0.6) is 0 Å². The minimum Gasteiger partial charge on any atom is -0.368 e. The van der Waals surface area contributed by atoms with Crippen LogP contribution in [0.1, 0.15) is 37.0 Å². The van der Waals surface area contributed by atoms with Gasteiger partial charge >= 0.3 is 0 Å². The molecular formula is C13H16ClNO. The Kier molecular flexibility index (Phi) is 3.20. The maximum absolute atomic E-state index is 11.2. The Labute approximate surface area is 101 Å². The Morgan fingerprint density at radius 1 is 1.50 bits per heavy atom. The van der Waals surface area contributed by atoms with Gasteiger partial charge in [0.2, 0.25) is 0 Å². The van der Waals surface area contributed by atoms with Crippen LogP contribution in [0.15, 0.2) is 18.2 Å². The fraction of sp³-hybridized carbons (Fsp3) is 0.462. The first kappa shape index (κ1) is 11.5. The van der Waals surface area contributed by atoms with E-state index in [0.717, 1.165) is 12.2 Å². The van der Waals surface area contributed by atoms with Crippen LogP contribution in [0.25, 0.3) is 0 Å². The van der Waals surface area contributed by atoms with Gasteiger partial charge in [0.05, 0.1) is 10.7 Å². The van der Waals surface area contributed by atoms with Crippen molar-refractivity contribution in [2.24, 2.45) is 0 Å². The monoisotopic (exact) mass is 237 g/mol. The van der Waals surface area contributed by atoms with Crippen LogP contribution in [-0.4, -0.2) is 18.4 Å². The Morgan fingerprint density at radius 2 is 2.25 bits per heavy atom. The normalized spacial score (nSPS) is 20.2. The molecule has 0 amide bonds. The van der Waals surface area contributed by atoms with E-state index in [1.54, 1.807) is 13.0 Å². The summed E-state index contributed by atoms with van der Waals surface area (Å²) in [6.45, 7) is 4.83. The average Bonchev–Trinajstić information content (AvgIpc) is 2.64. The van der Waals surface area contributed by atoms with E-state index in [-0.39, 0.29) is 5.78 Å². The van der Waals surface area contributed by atoms with Crippen LogP contribution in [0.4, 0.5) is 5.69 Å². The third kappa shape index (κ3) is 2.07. The third-order valence-corrected chi connectivity index (χ3v) is 3.52. The van der Waals surface area contributed by atoms with Gasteiger partial charge in [0.1, 0.15) is 0 Å². The molecule has 16 heavy (non-hydrogen) atoms. The fourth-order valence-electron chi connectivity index (χ4n) is 2.25. The summed E-state index contributed by atoms with van der Waals surface area (Å²) >= 11 is 6.22. The molecule has 0 bridgehead atoms. The van der Waals surface area contributed by atoms with Gasteiger partial charge in [0, 0.05) is 18.2 Å². The Hall–Kier alpha value is -1.02. The lowest BCUT2D eigenvalue weighted by molar-refractivity contribution is 0.101. The quantitative estimate of drug-likeness (QED) is 0.734. The van der Waals surface area contributed by atoms with Gasteiger partial charge in [0.25, 0.3) is 0 Å². The van der Waals surface area contributed by atoms with Crippen molar-refractivity contribution in [2.45, 2.75) is 32.7 Å². The number of halogens is 1. The number of benzene rings is 1. The number of ketones is 1. The summed E-state index contributed by atoms with van der Waals surface area (Å²) in [6, 6.07) is 6.13. The highest BCUT2D eigenvalue weighted by atomic mass is 35.5. The second kappa shape index (κ2) is 4.46. The van der Waals surface area contributed by atoms with E-state index in [1.807, 2.05) is 12.1 Å². The molecule has 1 fully saturated rings. The molecule has 1 saturated heterocycles. The van der Waals surface area contributed by atoms with Crippen molar-refractivity contribution in [1.82, 2.24) is 0 Å². The summed E-state index contributed by atoms with van der Waals surface area (Å²) in [5.41, 5.74) is 1.73. The van der Waals surface area contributed by atoms with Gasteiger partial charge in [-0.3, -0.25) is 4.79 Å². The molecule has 86 valence electrons. The Morgan fingerprint density at radius 3 is 2.75 bits per heavy atom. The maximum atomic E-state index is 11.2. The number of hydrogen-bond acceptors (Lipinski definition) is 2. The zero-order valence-electron chi connectivity index (χ0n) is 9.66. The van der Waals surface area contributed by atoms with Gasteiger partial charge in [-0.1, -0.05) is 11.6 Å². The molecular weight excluding hydrogens is 222 g/mol. The highest BCUT2D eigenvalue weighted by Crippen LogP contribution is 2.32. The van der Waals surface area contributed by atoms with E-state index >= 15 is 0 Å². The SMILES string of the molecule is CC(=O)c1ccc(N2CCCC2C)c(Cl)c1. The minimum atomic E-state index is 0.0583. The lowest BCUT2D eigenvalue weighted by Crippen LogP contribution is -2.26. The topological polar surface area (TPSA) is 20.3 Å². The number of rotatable bonds is 2. The van der Waals surface area contributed by atoms with Crippen LogP contribution in [0.3, 0.4) is 0 Å². The second-order valence-corrected chi connectivity index (χ2v) is 4.81. The number of carbonyl (C=O) groups is 1. The van der Waals surface area contributed by atoms with E-state index in [4.69, 9.17) is 11.6 Å². The summed E-state index contributed by atoms with van der Waals surface area (Å²) in [7, 11) is 0. The zero-order chi connectivity index (χ0) is 11.7. The van der Waals surface area contributed by atoms with Gasteiger partial charge in [-0.05, 0) is 44.9 Å². The molecule has 0 aromatic heterocycles. The first-order valence-corrected chi connectivity index (χ1v) is 6.04. The van der Waals surface area contributed by atoms with E-state index in [2.05, 4.69) is 11.8 Å². The highest BCUT2D eigenvalue weighted by molar-refractivity contribution is 6.33. The average molecular weight is 238 g/mol. The van der Waals surface area contributed by atoms with Crippen LogP contribution >= 0.6 is 11.6 Å². The smallest absolute Gasteiger partial charge is 0.159 e. The standard InChI is InChI=1S/C13H16ClNO/c1-9-4-3-7-15(9)13-6-5-11(10(2)16)8-12(13)14/h5-6,8-9H,3-4,7H2,1-2H3. The fourth-order valence-corrected chi connectivity index (χ4v) is 2.54. The molecule has 2 nitrogen and oxygen atoms in total. The van der Waals surface area contributed by atoms with Crippen molar-refractivity contribution in [1.29, 1.82) is 0 Å². The number of nitrogens with zero attached hydrogens (tertiary/aromatic N) is 1. The summed E-state index contributed by atoms with van der Waals surface area (Å²) in [5, 5.41) is 0.682. The molecule has 1 unspecified atom stereocenters. The van der Waals surface area contributed by atoms with E-state index < -0.39 is 0 Å². The molecule has 0 spiro atoms. The van der Waals surface area contributed by atoms with E-state index in [9.17, 15) is 4.79 Å². The van der Waals surface area contributed by atoms with Crippen molar-refractivity contribution >= 4 is 23.1 Å². The molecule has 1 aliphatic rings. The van der Waals surface area contributed by atoms with Crippen LogP contribution in [0.2, 0.25) is 5.02 Å². The van der Waals surface area contributed by atoms with Gasteiger partial charge < -0.3 is 4.90 Å². The lowest BCUT2D eigenvalue weighted by Gasteiger charge is -2.25. The van der Waals surface area contributed by atoms with Crippen molar-refractivity contribution in [3.63, 3.8) is 0 Å². The maximum Gasteiger partial charge on any atom is 0.159 e. The molecule has 0 radical (unpaired) electrons. The van der Waals surface area contributed by atoms with E-state index in [1.165, 1.54) is 12.8 Å². The highest BCUT2D eigenvalue weighted by Gasteiger charge is 2.22. The van der Waals surface area contributed by atoms with Crippen LogP contribution < -0.4 is 4.90 Å². The predicted molar refractivity (Wildman–Crippen MR) is 67.5 cm³/mol. The molecule has 1 aromatic carbocycles. The predicted octanol–water partition coefficient (Wildman–Crippen LogP) is 3.53. The third-order valence-electron chi connectivity index (χ3n) is 3.22. The number of anilines is 1. The summed E-state index contributed by atoms with van der Waals surface area (Å²) in [4.78, 5) is 13.5. The zero-order valence-corrected chi connectivity index (χ0v) is 10.4. The number of hydrogen-bond donors (Lipinski definition) is 0. The van der Waals surface area contributed by atoms with Crippen molar-refractivity contribution in [2.75, 3.05) is 11.4 Å². The lowest BCUT2D eigenvalue weighted by atomic mass is 10.1. The van der Waals surface area contributed by atoms with Crippen molar-refractivity contribution in [3.05, 3.63) is 28.8 Å². The second-order valence-electron chi connectivity index (χ2n) is 4.41.